The van der Waals surface area contributed by atoms with Gasteiger partial charge in [-0.1, -0.05) is 26.0 Å². The number of nitrogens with one attached hydrogen (secondary N) is 3. The highest BCUT2D eigenvalue weighted by atomic mass is 16.5. The number of ether oxygens (including phenoxy) is 1. The number of hydrogen-bond donors (Lipinski definition) is 3. The van der Waals surface area contributed by atoms with E-state index in [0.717, 1.165) is 30.9 Å². The molecule has 1 aromatic heterocycles. The lowest BCUT2D eigenvalue weighted by Gasteiger charge is -2.12. The van der Waals surface area contributed by atoms with Crippen molar-refractivity contribution in [3.8, 4) is 5.75 Å². The molecule has 1 saturated heterocycles. The zero-order valence-electron chi connectivity index (χ0n) is 14.1. The van der Waals surface area contributed by atoms with Crippen LogP contribution < -0.4 is 15.4 Å². The normalized spacial score (nSPS) is 17.2. The van der Waals surface area contributed by atoms with Gasteiger partial charge in [0.15, 0.2) is 6.61 Å². The van der Waals surface area contributed by atoms with Crippen molar-refractivity contribution in [1.29, 1.82) is 0 Å². The lowest BCUT2D eigenvalue weighted by atomic mass is 10.0. The minimum Gasteiger partial charge on any atom is -0.484 e. The summed E-state index contributed by atoms with van der Waals surface area (Å²) in [5.41, 5.74) is 2.92. The van der Waals surface area contributed by atoms with Crippen LogP contribution in [0.25, 0.3) is 0 Å². The van der Waals surface area contributed by atoms with Crippen molar-refractivity contribution in [2.24, 2.45) is 0 Å². The molecular formula is C18H24N4O2. The summed E-state index contributed by atoms with van der Waals surface area (Å²) in [7, 11) is 0. The fourth-order valence-electron chi connectivity index (χ4n) is 2.91. The Morgan fingerprint density at radius 3 is 3.08 bits per heavy atom. The van der Waals surface area contributed by atoms with Crippen LogP contribution in [0, 0.1) is 0 Å². The second-order valence-electron chi connectivity index (χ2n) is 6.45. The van der Waals surface area contributed by atoms with Crippen LogP contribution in [0.5, 0.6) is 5.75 Å². The molecule has 2 heterocycles. The number of hydrogen-bond acceptors (Lipinski definition) is 4. The molecule has 0 saturated carbocycles. The van der Waals surface area contributed by atoms with E-state index in [1.807, 2.05) is 18.2 Å². The summed E-state index contributed by atoms with van der Waals surface area (Å²) in [6.45, 7) is 6.14. The lowest BCUT2D eigenvalue weighted by molar-refractivity contribution is -0.118. The molecule has 0 aliphatic carbocycles. The molecule has 128 valence electrons. The molecule has 1 aliphatic heterocycles. The van der Waals surface area contributed by atoms with Gasteiger partial charge >= 0.3 is 0 Å². The maximum absolute atomic E-state index is 12.2. The largest absolute Gasteiger partial charge is 0.484 e. The van der Waals surface area contributed by atoms with Crippen molar-refractivity contribution in [2.45, 2.75) is 32.1 Å². The summed E-state index contributed by atoms with van der Waals surface area (Å²) < 4.78 is 5.62. The minimum absolute atomic E-state index is 0.0188. The summed E-state index contributed by atoms with van der Waals surface area (Å²) in [4.78, 5) is 12.2. The first-order valence-corrected chi connectivity index (χ1v) is 8.40. The third kappa shape index (κ3) is 3.94. The van der Waals surface area contributed by atoms with E-state index in [0.29, 0.717) is 17.6 Å². The maximum atomic E-state index is 12.2. The topological polar surface area (TPSA) is 79.0 Å². The van der Waals surface area contributed by atoms with Gasteiger partial charge in [0.2, 0.25) is 0 Å². The van der Waals surface area contributed by atoms with Crippen LogP contribution in [0.1, 0.15) is 43.4 Å². The standard InChI is InChI=1S/C18H24N4O2/c1-12(2)13-4-3-5-15(8-13)24-11-17(23)21-16-10-20-22-18(16)14-6-7-19-9-14/h3-5,8,10,12,14,19H,6-7,9,11H2,1-2H3,(H,20,22)(H,21,23). The smallest absolute Gasteiger partial charge is 0.262 e. The summed E-state index contributed by atoms with van der Waals surface area (Å²) in [5, 5.41) is 13.3. The van der Waals surface area contributed by atoms with Crippen LogP contribution in [0.15, 0.2) is 30.5 Å². The van der Waals surface area contributed by atoms with E-state index in [2.05, 4.69) is 40.7 Å². The number of carbonyl (C=O) groups is 1. The quantitative estimate of drug-likeness (QED) is 0.761. The number of aromatic amines is 1. The van der Waals surface area contributed by atoms with Crippen LogP contribution in [0.3, 0.4) is 0 Å². The highest BCUT2D eigenvalue weighted by Gasteiger charge is 2.22. The highest BCUT2D eigenvalue weighted by Crippen LogP contribution is 2.26. The van der Waals surface area contributed by atoms with Gasteiger partial charge in [-0.2, -0.15) is 5.10 Å². The van der Waals surface area contributed by atoms with Crippen molar-refractivity contribution in [1.82, 2.24) is 15.5 Å². The average molecular weight is 328 g/mol. The van der Waals surface area contributed by atoms with Gasteiger partial charge < -0.3 is 15.4 Å². The zero-order valence-corrected chi connectivity index (χ0v) is 14.1. The Hall–Kier alpha value is -2.34. The SMILES string of the molecule is CC(C)c1cccc(OCC(=O)Nc2cn[nH]c2C2CCNC2)c1. The third-order valence-corrected chi connectivity index (χ3v) is 4.31. The van der Waals surface area contributed by atoms with Gasteiger partial charge in [-0.3, -0.25) is 9.89 Å². The van der Waals surface area contributed by atoms with Crippen molar-refractivity contribution < 1.29 is 9.53 Å². The van der Waals surface area contributed by atoms with Crippen molar-refractivity contribution >= 4 is 11.6 Å². The Morgan fingerprint density at radius 1 is 1.46 bits per heavy atom. The highest BCUT2D eigenvalue weighted by molar-refractivity contribution is 5.92. The van der Waals surface area contributed by atoms with Crippen LogP contribution >= 0.6 is 0 Å². The van der Waals surface area contributed by atoms with E-state index in [-0.39, 0.29) is 12.5 Å². The second kappa shape index (κ2) is 7.49. The van der Waals surface area contributed by atoms with E-state index in [1.165, 1.54) is 5.56 Å². The van der Waals surface area contributed by atoms with Crippen LogP contribution in [-0.2, 0) is 4.79 Å². The van der Waals surface area contributed by atoms with Gasteiger partial charge in [0, 0.05) is 12.5 Å². The van der Waals surface area contributed by atoms with Gasteiger partial charge in [0.25, 0.3) is 5.91 Å². The summed E-state index contributed by atoms with van der Waals surface area (Å²) >= 11 is 0. The first-order chi connectivity index (χ1) is 11.6. The van der Waals surface area contributed by atoms with E-state index in [4.69, 9.17) is 4.74 Å². The van der Waals surface area contributed by atoms with E-state index < -0.39 is 0 Å². The summed E-state index contributed by atoms with van der Waals surface area (Å²) in [5.74, 6) is 1.32. The fourth-order valence-corrected chi connectivity index (χ4v) is 2.91. The predicted molar refractivity (Wildman–Crippen MR) is 93.5 cm³/mol. The third-order valence-electron chi connectivity index (χ3n) is 4.31. The first kappa shape index (κ1) is 16.5. The Labute approximate surface area is 142 Å². The average Bonchev–Trinajstić information content (AvgIpc) is 3.24. The molecule has 1 aromatic carbocycles. The zero-order chi connectivity index (χ0) is 16.9. The van der Waals surface area contributed by atoms with Crippen molar-refractivity contribution in [3.05, 3.63) is 41.7 Å². The molecule has 6 heteroatoms. The molecule has 3 N–H and O–H groups in total. The van der Waals surface area contributed by atoms with Crippen LogP contribution in [0.4, 0.5) is 5.69 Å². The van der Waals surface area contributed by atoms with Crippen molar-refractivity contribution in [2.75, 3.05) is 25.0 Å². The number of nitrogens with zero attached hydrogens (tertiary/aromatic N) is 1. The molecule has 1 amide bonds. The number of rotatable bonds is 6. The fraction of sp³-hybridized carbons (Fsp3) is 0.444. The molecule has 1 aliphatic rings. The Kier molecular flexibility index (Phi) is 5.15. The Bertz CT molecular complexity index is 690. The van der Waals surface area contributed by atoms with Crippen molar-refractivity contribution in [3.63, 3.8) is 0 Å². The number of anilines is 1. The number of aromatic nitrogens is 2. The van der Waals surface area contributed by atoms with E-state index in [9.17, 15) is 4.79 Å². The van der Waals surface area contributed by atoms with Gasteiger partial charge in [-0.25, -0.2) is 0 Å². The molecule has 1 fully saturated rings. The van der Waals surface area contributed by atoms with Gasteiger partial charge in [-0.15, -0.1) is 0 Å². The molecule has 24 heavy (non-hydrogen) atoms. The molecule has 1 atom stereocenters. The number of carbonyl (C=O) groups excluding carboxylic acids is 1. The predicted octanol–water partition coefficient (Wildman–Crippen LogP) is 2.63. The Balaban J connectivity index is 1.56. The number of amides is 1. The molecule has 6 nitrogen and oxygen atoms in total. The van der Waals surface area contributed by atoms with Gasteiger partial charge in [0.05, 0.1) is 17.6 Å². The van der Waals surface area contributed by atoms with Gasteiger partial charge in [-0.05, 0) is 36.6 Å². The first-order valence-electron chi connectivity index (χ1n) is 8.40. The summed E-state index contributed by atoms with van der Waals surface area (Å²) in [6.07, 6.45) is 2.70. The maximum Gasteiger partial charge on any atom is 0.262 e. The molecular weight excluding hydrogens is 304 g/mol. The molecule has 2 aromatic rings. The number of benzene rings is 1. The van der Waals surface area contributed by atoms with E-state index >= 15 is 0 Å². The lowest BCUT2D eigenvalue weighted by Crippen LogP contribution is -2.21. The molecule has 0 spiro atoms. The monoisotopic (exact) mass is 328 g/mol. The van der Waals surface area contributed by atoms with E-state index in [1.54, 1.807) is 6.20 Å². The van der Waals surface area contributed by atoms with Crippen LogP contribution in [0.2, 0.25) is 0 Å². The second-order valence-corrected chi connectivity index (χ2v) is 6.45. The molecule has 0 bridgehead atoms. The number of H-pyrrole nitrogens is 1. The Morgan fingerprint density at radius 2 is 2.33 bits per heavy atom. The molecule has 0 radical (unpaired) electrons. The molecule has 3 rings (SSSR count). The van der Waals surface area contributed by atoms with Crippen LogP contribution in [-0.4, -0.2) is 35.8 Å². The minimum atomic E-state index is -0.182. The van der Waals surface area contributed by atoms with Gasteiger partial charge in [0.1, 0.15) is 5.75 Å². The summed E-state index contributed by atoms with van der Waals surface area (Å²) in [6, 6.07) is 7.85. The molecule has 1 unspecified atom stereocenters.